The molecule has 4 aliphatic carbocycles. The van der Waals surface area contributed by atoms with Gasteiger partial charge in [-0.05, 0) is 117 Å². The quantitative estimate of drug-likeness (QED) is 0.203. The minimum atomic E-state index is 0.286. The number of allylic oxidation sites excluding steroid dienone is 15. The molecular formula is C44H46N2O. The number of hydrogen-bond donors (Lipinski definition) is 0. The number of nitrogens with zero attached hydrogens (tertiary/aromatic N) is 2. The fourth-order valence-electron chi connectivity index (χ4n) is 7.82. The molecule has 47 heavy (non-hydrogen) atoms. The molecular weight excluding hydrogens is 572 g/mol. The summed E-state index contributed by atoms with van der Waals surface area (Å²) in [5.41, 5.74) is 11.6. The van der Waals surface area contributed by atoms with Gasteiger partial charge in [-0.25, -0.2) is 4.99 Å². The standard InChI is InChI=1S/C44H46N2O/c1-4-15-40(39-22-13-21-38-37-20-11-12-24-41(37)47-44(38)39)46-42(34-16-7-5-8-17-34)31(3)30(2)32-25-27-33(28-26-32)36-23-14-29-45-43(36)35-18-9-6-10-19-35/h4,6-7,9-10,12-13,15-18,21-22,24,27,29-30,32,35H,1,3,5,8,11,14,19-20,23,25-26,28H2,2H3/b40-15+,46-42?. The molecule has 0 saturated heterocycles. The Labute approximate surface area is 280 Å². The molecule has 238 valence electrons. The van der Waals surface area contributed by atoms with Crippen LogP contribution in [-0.2, 0) is 6.42 Å². The molecule has 3 atom stereocenters. The number of aliphatic imine (C=N–C) groups is 2. The Hall–Kier alpha value is -4.50. The van der Waals surface area contributed by atoms with Gasteiger partial charge in [-0.1, -0.05) is 93.0 Å². The predicted octanol–water partition coefficient (Wildman–Crippen LogP) is 11.8. The lowest BCUT2D eigenvalue weighted by Gasteiger charge is -2.32. The number of benzene rings is 1. The summed E-state index contributed by atoms with van der Waals surface area (Å²) in [4.78, 5) is 10.4. The highest BCUT2D eigenvalue weighted by molar-refractivity contribution is 6.16. The summed E-state index contributed by atoms with van der Waals surface area (Å²) in [5, 5.41) is 1.18. The first-order valence-corrected chi connectivity index (χ1v) is 17.6. The van der Waals surface area contributed by atoms with Crippen molar-refractivity contribution in [3.63, 3.8) is 0 Å². The topological polar surface area (TPSA) is 37.9 Å². The zero-order valence-corrected chi connectivity index (χ0v) is 27.8. The van der Waals surface area contributed by atoms with Crippen LogP contribution in [0, 0.1) is 17.8 Å². The summed E-state index contributed by atoms with van der Waals surface area (Å²) in [5.74, 6) is 2.16. The van der Waals surface area contributed by atoms with E-state index in [9.17, 15) is 0 Å². The highest BCUT2D eigenvalue weighted by Gasteiger charge is 2.29. The number of fused-ring (bicyclic) bond motifs is 3. The lowest BCUT2D eigenvalue weighted by Crippen LogP contribution is -2.22. The maximum absolute atomic E-state index is 6.48. The maximum Gasteiger partial charge on any atom is 0.144 e. The summed E-state index contributed by atoms with van der Waals surface area (Å²) in [6.45, 7) is 11.2. The van der Waals surface area contributed by atoms with Crippen LogP contribution in [0.3, 0.4) is 0 Å². The maximum atomic E-state index is 6.48. The monoisotopic (exact) mass is 618 g/mol. The van der Waals surface area contributed by atoms with Gasteiger partial charge < -0.3 is 4.42 Å². The number of furan rings is 1. The van der Waals surface area contributed by atoms with Gasteiger partial charge in [0, 0.05) is 28.6 Å². The second-order valence-corrected chi connectivity index (χ2v) is 13.4. The summed E-state index contributed by atoms with van der Waals surface area (Å²) < 4.78 is 6.48. The Kier molecular flexibility index (Phi) is 9.33. The first-order chi connectivity index (χ1) is 23.1. The molecule has 2 heterocycles. The third-order valence-electron chi connectivity index (χ3n) is 10.5. The van der Waals surface area contributed by atoms with Crippen LogP contribution in [0.25, 0.3) is 22.7 Å². The van der Waals surface area contributed by atoms with Crippen molar-refractivity contribution in [2.45, 2.75) is 71.1 Å². The highest BCUT2D eigenvalue weighted by Crippen LogP contribution is 2.41. The molecule has 3 heteroatoms. The predicted molar refractivity (Wildman–Crippen MR) is 201 cm³/mol. The SMILES string of the molecule is C=C/C=C(/N=C(C(=C)C(C)C1CC=C(C2=C(C3C=CC=CC3)N=CCC2)CC1)C1=CCCC=C1)c1cccc2c3c(oc12)C=CCC3. The summed E-state index contributed by atoms with van der Waals surface area (Å²) >= 11 is 0. The van der Waals surface area contributed by atoms with Crippen LogP contribution < -0.4 is 0 Å². The van der Waals surface area contributed by atoms with E-state index >= 15 is 0 Å². The van der Waals surface area contributed by atoms with E-state index < -0.39 is 0 Å². The summed E-state index contributed by atoms with van der Waals surface area (Å²) in [6, 6.07) is 6.43. The van der Waals surface area contributed by atoms with Gasteiger partial charge in [0.1, 0.15) is 11.3 Å². The van der Waals surface area contributed by atoms with E-state index in [0.717, 1.165) is 104 Å². The van der Waals surface area contributed by atoms with Crippen LogP contribution in [0.1, 0.15) is 81.6 Å². The second kappa shape index (κ2) is 14.1. The van der Waals surface area contributed by atoms with Crippen LogP contribution in [0.5, 0.6) is 0 Å². The van der Waals surface area contributed by atoms with Crippen molar-refractivity contribution >= 4 is 34.7 Å². The van der Waals surface area contributed by atoms with Crippen LogP contribution >= 0.6 is 0 Å². The van der Waals surface area contributed by atoms with Crippen molar-refractivity contribution in [3.05, 3.63) is 143 Å². The van der Waals surface area contributed by atoms with E-state index in [0.29, 0.717) is 11.8 Å². The van der Waals surface area contributed by atoms with Crippen molar-refractivity contribution in [3.8, 4) is 0 Å². The molecule has 1 aliphatic heterocycles. The zero-order valence-electron chi connectivity index (χ0n) is 27.8. The molecule has 1 aromatic heterocycles. The number of para-hydroxylation sites is 1. The smallest absolute Gasteiger partial charge is 0.144 e. The average molecular weight is 619 g/mol. The number of hydrogen-bond acceptors (Lipinski definition) is 3. The minimum absolute atomic E-state index is 0.286. The molecule has 0 amide bonds. The Morgan fingerprint density at radius 1 is 1.00 bits per heavy atom. The molecule has 3 nitrogen and oxygen atoms in total. The molecule has 0 saturated carbocycles. The van der Waals surface area contributed by atoms with Gasteiger partial charge in [-0.2, -0.15) is 0 Å². The van der Waals surface area contributed by atoms with Crippen LogP contribution in [0.15, 0.2) is 141 Å². The summed E-state index contributed by atoms with van der Waals surface area (Å²) in [7, 11) is 0. The normalized spacial score (nSPS) is 23.5. The van der Waals surface area contributed by atoms with Gasteiger partial charge in [0.05, 0.1) is 17.1 Å². The van der Waals surface area contributed by atoms with Crippen molar-refractivity contribution in [1.82, 2.24) is 0 Å². The summed E-state index contributed by atoms with van der Waals surface area (Å²) in [6.07, 6.45) is 39.1. The first-order valence-electron chi connectivity index (χ1n) is 17.6. The Morgan fingerprint density at radius 3 is 2.70 bits per heavy atom. The van der Waals surface area contributed by atoms with E-state index in [1.165, 1.54) is 27.8 Å². The van der Waals surface area contributed by atoms with Crippen molar-refractivity contribution in [1.29, 1.82) is 0 Å². The number of aryl methyl sites for hydroxylation is 1. The fraction of sp³-hybridized carbons (Fsp3) is 0.318. The lowest BCUT2D eigenvalue weighted by atomic mass is 9.74. The first kappa shape index (κ1) is 31.1. The van der Waals surface area contributed by atoms with E-state index in [1.54, 1.807) is 0 Å². The molecule has 1 aromatic carbocycles. The Bertz CT molecular complexity index is 1890. The molecule has 7 rings (SSSR count). The average Bonchev–Trinajstić information content (AvgIpc) is 3.53. The van der Waals surface area contributed by atoms with E-state index in [4.69, 9.17) is 21.0 Å². The minimum Gasteiger partial charge on any atom is -0.456 e. The highest BCUT2D eigenvalue weighted by atomic mass is 16.3. The Balaban J connectivity index is 1.19. The van der Waals surface area contributed by atoms with Crippen LogP contribution in [-0.4, -0.2) is 11.9 Å². The molecule has 0 radical (unpaired) electrons. The molecule has 0 spiro atoms. The van der Waals surface area contributed by atoms with Crippen molar-refractivity contribution < 1.29 is 4.42 Å². The number of rotatable bonds is 9. The molecule has 3 unspecified atom stereocenters. The molecule has 0 N–H and O–H groups in total. The molecule has 0 bridgehead atoms. The third kappa shape index (κ3) is 6.41. The third-order valence-corrected chi connectivity index (χ3v) is 10.5. The van der Waals surface area contributed by atoms with Crippen molar-refractivity contribution in [2.24, 2.45) is 27.7 Å². The van der Waals surface area contributed by atoms with Crippen molar-refractivity contribution in [2.75, 3.05) is 0 Å². The van der Waals surface area contributed by atoms with Crippen LogP contribution in [0.4, 0.5) is 0 Å². The Morgan fingerprint density at radius 2 is 1.91 bits per heavy atom. The largest absolute Gasteiger partial charge is 0.456 e. The van der Waals surface area contributed by atoms with Gasteiger partial charge in [-0.15, -0.1) is 0 Å². The zero-order chi connectivity index (χ0) is 32.2. The van der Waals surface area contributed by atoms with Gasteiger partial charge in [-0.3, -0.25) is 4.99 Å². The van der Waals surface area contributed by atoms with Gasteiger partial charge >= 0.3 is 0 Å². The van der Waals surface area contributed by atoms with Gasteiger partial charge in [0.15, 0.2) is 0 Å². The molecule has 0 fully saturated rings. The lowest BCUT2D eigenvalue weighted by molar-refractivity contribution is 0.375. The van der Waals surface area contributed by atoms with E-state index in [1.807, 2.05) is 12.2 Å². The van der Waals surface area contributed by atoms with E-state index in [2.05, 4.69) is 98.7 Å². The molecule has 5 aliphatic rings. The van der Waals surface area contributed by atoms with Crippen LogP contribution in [0.2, 0.25) is 0 Å². The fourth-order valence-corrected chi connectivity index (χ4v) is 7.82. The van der Waals surface area contributed by atoms with Gasteiger partial charge in [0.2, 0.25) is 0 Å². The molecule has 2 aromatic rings. The second-order valence-electron chi connectivity index (χ2n) is 13.4. The van der Waals surface area contributed by atoms with E-state index in [-0.39, 0.29) is 5.92 Å². The van der Waals surface area contributed by atoms with Gasteiger partial charge in [0.25, 0.3) is 0 Å².